The van der Waals surface area contributed by atoms with Crippen molar-refractivity contribution in [2.75, 3.05) is 18.9 Å². The second-order valence-electron chi connectivity index (χ2n) is 3.65. The van der Waals surface area contributed by atoms with E-state index in [1.807, 2.05) is 24.3 Å². The summed E-state index contributed by atoms with van der Waals surface area (Å²) in [6, 6.07) is 7.76. The van der Waals surface area contributed by atoms with Gasteiger partial charge in [-0.15, -0.1) is 11.8 Å². The highest BCUT2D eigenvalue weighted by molar-refractivity contribution is 9.10. The number of rotatable bonds is 3. The molecule has 4 nitrogen and oxygen atoms in total. The van der Waals surface area contributed by atoms with Crippen LogP contribution in [0.2, 0.25) is 0 Å². The Kier molecular flexibility index (Phi) is 4.44. The molecule has 1 aromatic carbocycles. The molecule has 1 fully saturated rings. The van der Waals surface area contributed by atoms with Gasteiger partial charge in [0.1, 0.15) is 6.61 Å². The first-order valence-corrected chi connectivity index (χ1v) is 6.93. The number of amides is 1. The fraction of sp³-hybridized carbons (Fsp3) is 0.364. The molecule has 1 N–H and O–H groups in total. The number of thioether (sulfide) groups is 1. The maximum atomic E-state index is 11.7. The predicted molar refractivity (Wildman–Crippen MR) is 68.5 cm³/mol. The average Bonchev–Trinajstić information content (AvgIpc) is 2.75. The van der Waals surface area contributed by atoms with E-state index in [4.69, 9.17) is 4.84 Å². The lowest BCUT2D eigenvalue weighted by atomic mass is 10.4. The van der Waals surface area contributed by atoms with Gasteiger partial charge in [-0.05, 0) is 24.3 Å². The van der Waals surface area contributed by atoms with Crippen LogP contribution in [0.15, 0.2) is 33.6 Å². The van der Waals surface area contributed by atoms with E-state index >= 15 is 0 Å². The Morgan fingerprint density at radius 3 is 2.82 bits per heavy atom. The summed E-state index contributed by atoms with van der Waals surface area (Å²) in [5.41, 5.74) is 0. The number of aliphatic hydroxyl groups is 1. The molecule has 1 saturated heterocycles. The summed E-state index contributed by atoms with van der Waals surface area (Å²) in [7, 11) is 0. The third-order valence-corrected chi connectivity index (χ3v) is 3.78. The fourth-order valence-corrected chi connectivity index (χ4v) is 2.42. The van der Waals surface area contributed by atoms with Crippen molar-refractivity contribution in [1.29, 1.82) is 0 Å². The highest BCUT2D eigenvalue weighted by Crippen LogP contribution is 2.21. The quantitative estimate of drug-likeness (QED) is 0.862. The van der Waals surface area contributed by atoms with E-state index in [-0.39, 0.29) is 19.1 Å². The van der Waals surface area contributed by atoms with Crippen LogP contribution in [0.1, 0.15) is 0 Å². The third-order valence-electron chi connectivity index (χ3n) is 2.25. The first-order valence-electron chi connectivity index (χ1n) is 5.15. The van der Waals surface area contributed by atoms with Crippen molar-refractivity contribution >= 4 is 33.6 Å². The Morgan fingerprint density at radius 1 is 1.53 bits per heavy atom. The molecule has 92 valence electrons. The topological polar surface area (TPSA) is 49.8 Å². The first-order chi connectivity index (χ1) is 8.15. The second-order valence-corrected chi connectivity index (χ2v) is 5.61. The Balaban J connectivity index is 1.82. The van der Waals surface area contributed by atoms with E-state index in [9.17, 15) is 9.90 Å². The van der Waals surface area contributed by atoms with Crippen molar-refractivity contribution in [3.63, 3.8) is 0 Å². The average molecular weight is 318 g/mol. The van der Waals surface area contributed by atoms with Crippen LogP contribution in [-0.2, 0) is 9.63 Å². The maximum absolute atomic E-state index is 11.7. The number of hydrogen-bond donors (Lipinski definition) is 1. The van der Waals surface area contributed by atoms with Gasteiger partial charge in [-0.3, -0.25) is 9.63 Å². The van der Waals surface area contributed by atoms with Gasteiger partial charge in [0.05, 0.1) is 18.4 Å². The van der Waals surface area contributed by atoms with E-state index in [2.05, 4.69) is 15.9 Å². The van der Waals surface area contributed by atoms with Crippen molar-refractivity contribution in [1.82, 2.24) is 5.06 Å². The summed E-state index contributed by atoms with van der Waals surface area (Å²) in [5, 5.41) is 10.5. The monoisotopic (exact) mass is 317 g/mol. The highest BCUT2D eigenvalue weighted by atomic mass is 79.9. The number of carbonyl (C=O) groups excluding carboxylic acids is 1. The number of benzene rings is 1. The molecule has 1 heterocycles. The summed E-state index contributed by atoms with van der Waals surface area (Å²) in [5.74, 6) is 0.198. The fourth-order valence-electron chi connectivity index (χ4n) is 1.39. The van der Waals surface area contributed by atoms with Crippen LogP contribution < -0.4 is 0 Å². The zero-order chi connectivity index (χ0) is 12.3. The lowest BCUT2D eigenvalue weighted by Crippen LogP contribution is -2.29. The van der Waals surface area contributed by atoms with Crippen LogP contribution in [0.4, 0.5) is 0 Å². The Labute approximate surface area is 112 Å². The molecule has 1 aromatic rings. The van der Waals surface area contributed by atoms with E-state index in [0.717, 1.165) is 9.37 Å². The van der Waals surface area contributed by atoms with Crippen molar-refractivity contribution in [2.24, 2.45) is 0 Å². The van der Waals surface area contributed by atoms with Gasteiger partial charge in [0, 0.05) is 9.37 Å². The number of carbonyl (C=O) groups is 1. The first kappa shape index (κ1) is 12.9. The summed E-state index contributed by atoms with van der Waals surface area (Å²) >= 11 is 4.81. The lowest BCUT2D eigenvalue weighted by Gasteiger charge is -2.13. The van der Waals surface area contributed by atoms with Crippen LogP contribution >= 0.6 is 27.7 Å². The van der Waals surface area contributed by atoms with Gasteiger partial charge >= 0.3 is 0 Å². The van der Waals surface area contributed by atoms with Gasteiger partial charge in [0.25, 0.3) is 5.91 Å². The molecule has 0 saturated carbocycles. The molecule has 2 rings (SSSR count). The van der Waals surface area contributed by atoms with Crippen LogP contribution in [-0.4, -0.2) is 41.1 Å². The molecule has 1 amide bonds. The molecule has 0 aromatic heterocycles. The van der Waals surface area contributed by atoms with Crippen molar-refractivity contribution in [3.8, 4) is 0 Å². The number of hydroxylamine groups is 2. The van der Waals surface area contributed by atoms with Gasteiger partial charge in [0.2, 0.25) is 0 Å². The second kappa shape index (κ2) is 5.86. The number of halogens is 1. The molecule has 6 heteroatoms. The van der Waals surface area contributed by atoms with Gasteiger partial charge in [-0.25, -0.2) is 5.06 Å². The van der Waals surface area contributed by atoms with Crippen LogP contribution in [0.25, 0.3) is 0 Å². The van der Waals surface area contributed by atoms with Crippen LogP contribution in [0, 0.1) is 0 Å². The Bertz CT molecular complexity index is 398. The molecule has 1 aliphatic heterocycles. The van der Waals surface area contributed by atoms with E-state index < -0.39 is 6.10 Å². The third kappa shape index (κ3) is 3.70. The van der Waals surface area contributed by atoms with Crippen LogP contribution in [0.5, 0.6) is 0 Å². The summed E-state index contributed by atoms with van der Waals surface area (Å²) in [4.78, 5) is 17.8. The highest BCUT2D eigenvalue weighted by Gasteiger charge is 2.25. The van der Waals surface area contributed by atoms with Crippen molar-refractivity contribution in [2.45, 2.75) is 11.0 Å². The molecule has 1 aliphatic rings. The maximum Gasteiger partial charge on any atom is 0.256 e. The minimum Gasteiger partial charge on any atom is -0.389 e. The summed E-state index contributed by atoms with van der Waals surface area (Å²) in [6.07, 6.45) is -0.559. The molecule has 0 radical (unpaired) electrons. The smallest absolute Gasteiger partial charge is 0.256 e. The lowest BCUT2D eigenvalue weighted by molar-refractivity contribution is -0.165. The Morgan fingerprint density at radius 2 is 2.24 bits per heavy atom. The zero-order valence-corrected chi connectivity index (χ0v) is 11.4. The minimum atomic E-state index is -0.559. The molecule has 0 bridgehead atoms. The SMILES string of the molecule is O=C(CSc1ccc(Br)cc1)N1C[C@H](O)CO1. The number of hydrogen-bond acceptors (Lipinski definition) is 4. The normalized spacial score (nSPS) is 19.6. The number of β-amino-alcohol motifs (C(OH)–C–C–N with tert-alkyl or cyclic N) is 1. The van der Waals surface area contributed by atoms with Crippen molar-refractivity contribution in [3.05, 3.63) is 28.7 Å². The molecule has 17 heavy (non-hydrogen) atoms. The molecule has 0 unspecified atom stereocenters. The zero-order valence-electron chi connectivity index (χ0n) is 9.01. The summed E-state index contributed by atoms with van der Waals surface area (Å²) < 4.78 is 1.01. The molecular weight excluding hydrogens is 306 g/mol. The Hall–Kier alpha value is -0.560. The minimum absolute atomic E-state index is 0.116. The van der Waals surface area contributed by atoms with Gasteiger partial charge < -0.3 is 5.11 Å². The van der Waals surface area contributed by atoms with Gasteiger partial charge in [0.15, 0.2) is 0 Å². The summed E-state index contributed by atoms with van der Waals surface area (Å²) in [6.45, 7) is 0.467. The largest absolute Gasteiger partial charge is 0.389 e. The van der Waals surface area contributed by atoms with Gasteiger partial charge in [-0.1, -0.05) is 15.9 Å². The van der Waals surface area contributed by atoms with Crippen molar-refractivity contribution < 1.29 is 14.7 Å². The number of aliphatic hydroxyl groups excluding tert-OH is 1. The van der Waals surface area contributed by atoms with Crippen LogP contribution in [0.3, 0.4) is 0 Å². The predicted octanol–water partition coefficient (Wildman–Crippen LogP) is 1.68. The molecular formula is C11H12BrNO3S. The van der Waals surface area contributed by atoms with Gasteiger partial charge in [-0.2, -0.15) is 0 Å². The van der Waals surface area contributed by atoms with E-state index in [0.29, 0.717) is 5.75 Å². The molecule has 0 aliphatic carbocycles. The molecule has 0 spiro atoms. The standard InChI is InChI=1S/C11H12BrNO3S/c12-8-1-3-10(4-2-8)17-7-11(15)13-5-9(14)6-16-13/h1-4,9,14H,5-7H2/t9-/m0/s1. The molecule has 1 atom stereocenters. The number of nitrogens with zero attached hydrogens (tertiary/aromatic N) is 1. The van der Waals surface area contributed by atoms with E-state index in [1.165, 1.54) is 16.8 Å². The van der Waals surface area contributed by atoms with E-state index in [1.54, 1.807) is 0 Å².